The molecule has 3 aromatic rings. The van der Waals surface area contributed by atoms with Gasteiger partial charge in [-0.15, -0.1) is 22.7 Å². The predicted octanol–water partition coefficient (Wildman–Crippen LogP) is 4.24. The van der Waals surface area contributed by atoms with Gasteiger partial charge in [0.2, 0.25) is 5.91 Å². The quantitative estimate of drug-likeness (QED) is 0.690. The first-order valence-corrected chi connectivity index (χ1v) is 10.9. The van der Waals surface area contributed by atoms with E-state index in [0.717, 1.165) is 36.3 Å². The Bertz CT molecular complexity index is 826. The van der Waals surface area contributed by atoms with Crippen LogP contribution < -0.4 is 5.32 Å². The second-order valence-electron chi connectivity index (χ2n) is 6.68. The van der Waals surface area contributed by atoms with Crippen molar-refractivity contribution in [1.82, 2.24) is 15.2 Å². The van der Waals surface area contributed by atoms with Crippen molar-refractivity contribution < 1.29 is 4.79 Å². The number of para-hydroxylation sites is 1. The molecule has 1 saturated heterocycles. The number of benzene rings is 1. The van der Waals surface area contributed by atoms with E-state index in [4.69, 9.17) is 4.98 Å². The number of rotatable bonds is 6. The number of piperidine rings is 1. The van der Waals surface area contributed by atoms with E-state index in [0.29, 0.717) is 13.1 Å². The third kappa shape index (κ3) is 4.14. The molecule has 26 heavy (non-hydrogen) atoms. The van der Waals surface area contributed by atoms with Gasteiger partial charge in [-0.25, -0.2) is 4.98 Å². The molecule has 1 atom stereocenters. The first kappa shape index (κ1) is 17.6. The van der Waals surface area contributed by atoms with E-state index in [9.17, 15) is 4.79 Å². The molecule has 1 aliphatic heterocycles. The van der Waals surface area contributed by atoms with Gasteiger partial charge in [0.1, 0.15) is 5.01 Å². The Morgan fingerprint density at radius 2 is 2.15 bits per heavy atom. The van der Waals surface area contributed by atoms with Crippen LogP contribution in [0.3, 0.4) is 0 Å². The lowest BCUT2D eigenvalue weighted by Crippen LogP contribution is -2.42. The number of nitrogens with one attached hydrogen (secondary N) is 1. The average Bonchev–Trinajstić information content (AvgIpc) is 3.31. The summed E-state index contributed by atoms with van der Waals surface area (Å²) in [5.74, 6) is 0.120. The Hall–Kier alpha value is -1.76. The van der Waals surface area contributed by atoms with Crippen LogP contribution in [0.5, 0.6) is 0 Å². The number of carbonyl (C=O) groups is 1. The van der Waals surface area contributed by atoms with Crippen LogP contribution in [0, 0.1) is 0 Å². The molecule has 1 N–H and O–H groups in total. The minimum absolute atomic E-state index is 0.120. The number of carbonyl (C=O) groups excluding carboxylic acids is 1. The topological polar surface area (TPSA) is 45.2 Å². The lowest BCUT2D eigenvalue weighted by atomic mass is 10.0. The van der Waals surface area contributed by atoms with Crippen LogP contribution in [0.4, 0.5) is 0 Å². The highest BCUT2D eigenvalue weighted by Crippen LogP contribution is 2.35. The molecule has 1 fully saturated rings. The number of likely N-dealkylation sites (tertiary alicyclic amines) is 1. The molecule has 0 spiro atoms. The summed E-state index contributed by atoms with van der Waals surface area (Å²) in [4.78, 5) is 20.9. The lowest BCUT2D eigenvalue weighted by Gasteiger charge is -2.33. The van der Waals surface area contributed by atoms with Crippen molar-refractivity contribution >= 4 is 38.8 Å². The van der Waals surface area contributed by atoms with Gasteiger partial charge < -0.3 is 5.32 Å². The van der Waals surface area contributed by atoms with Crippen LogP contribution in [0.15, 0.2) is 41.8 Å². The molecule has 3 heterocycles. The van der Waals surface area contributed by atoms with E-state index in [2.05, 4.69) is 45.9 Å². The van der Waals surface area contributed by atoms with E-state index in [1.54, 1.807) is 22.7 Å². The highest BCUT2D eigenvalue weighted by atomic mass is 32.1. The molecular weight excluding hydrogens is 362 g/mol. The van der Waals surface area contributed by atoms with E-state index in [1.165, 1.54) is 16.0 Å². The SMILES string of the molecule is O=C(CN1CCCC[C@H]1c1nc2ccccc2s1)NCCc1cccs1. The van der Waals surface area contributed by atoms with Crippen LogP contribution in [0.1, 0.15) is 35.2 Å². The molecule has 0 radical (unpaired) electrons. The first-order valence-electron chi connectivity index (χ1n) is 9.18. The van der Waals surface area contributed by atoms with Gasteiger partial charge >= 0.3 is 0 Å². The molecule has 4 rings (SSSR count). The number of aromatic nitrogens is 1. The third-order valence-electron chi connectivity index (χ3n) is 4.83. The fourth-order valence-corrected chi connectivity index (χ4v) is 5.36. The Balaban J connectivity index is 1.38. The maximum atomic E-state index is 12.4. The number of hydrogen-bond acceptors (Lipinski definition) is 5. The number of amides is 1. The second kappa shape index (κ2) is 8.29. The molecular formula is C20H23N3OS2. The van der Waals surface area contributed by atoms with Crippen molar-refractivity contribution in [3.63, 3.8) is 0 Å². The van der Waals surface area contributed by atoms with Crippen LogP contribution in [-0.4, -0.2) is 35.4 Å². The molecule has 0 bridgehead atoms. The van der Waals surface area contributed by atoms with E-state index < -0.39 is 0 Å². The number of thiophene rings is 1. The number of fused-ring (bicyclic) bond motifs is 1. The Kier molecular flexibility index (Phi) is 5.62. The molecule has 4 nitrogen and oxygen atoms in total. The molecule has 6 heteroatoms. The molecule has 0 unspecified atom stereocenters. The lowest BCUT2D eigenvalue weighted by molar-refractivity contribution is -0.123. The van der Waals surface area contributed by atoms with Crippen molar-refractivity contribution in [3.05, 3.63) is 51.7 Å². The zero-order chi connectivity index (χ0) is 17.8. The fraction of sp³-hybridized carbons (Fsp3) is 0.400. The van der Waals surface area contributed by atoms with Crippen molar-refractivity contribution in [2.45, 2.75) is 31.7 Å². The average molecular weight is 386 g/mol. The maximum Gasteiger partial charge on any atom is 0.234 e. The third-order valence-corrected chi connectivity index (χ3v) is 6.90. The maximum absolute atomic E-state index is 12.4. The number of thiazole rings is 1. The van der Waals surface area contributed by atoms with Crippen molar-refractivity contribution in [2.75, 3.05) is 19.6 Å². The minimum atomic E-state index is 0.120. The fourth-order valence-electron chi connectivity index (χ4n) is 3.51. The summed E-state index contributed by atoms with van der Waals surface area (Å²) in [7, 11) is 0. The molecule has 136 valence electrons. The summed E-state index contributed by atoms with van der Waals surface area (Å²) in [6, 6.07) is 12.7. The van der Waals surface area contributed by atoms with Gasteiger partial charge in [0, 0.05) is 11.4 Å². The van der Waals surface area contributed by atoms with E-state index >= 15 is 0 Å². The Morgan fingerprint density at radius 3 is 3.00 bits per heavy atom. The molecule has 2 aromatic heterocycles. The summed E-state index contributed by atoms with van der Waals surface area (Å²) in [5.41, 5.74) is 1.07. The molecule has 0 saturated carbocycles. The van der Waals surface area contributed by atoms with Crippen LogP contribution in [0.2, 0.25) is 0 Å². The largest absolute Gasteiger partial charge is 0.355 e. The van der Waals surface area contributed by atoms with Crippen molar-refractivity contribution in [3.8, 4) is 0 Å². The monoisotopic (exact) mass is 385 g/mol. The highest BCUT2D eigenvalue weighted by Gasteiger charge is 2.28. The number of nitrogens with zero attached hydrogens (tertiary/aromatic N) is 2. The standard InChI is InChI=1S/C20H23N3OS2/c24-19(21-11-10-15-6-5-13-25-15)14-23-12-4-3-8-17(23)20-22-16-7-1-2-9-18(16)26-20/h1-2,5-7,9,13,17H,3-4,8,10-12,14H2,(H,21,24)/t17-/m0/s1. The molecule has 1 amide bonds. The summed E-state index contributed by atoms with van der Waals surface area (Å²) >= 11 is 3.51. The normalized spacial score (nSPS) is 18.2. The zero-order valence-electron chi connectivity index (χ0n) is 14.7. The summed E-state index contributed by atoms with van der Waals surface area (Å²) < 4.78 is 1.23. The molecule has 0 aliphatic carbocycles. The van der Waals surface area contributed by atoms with Crippen LogP contribution in [-0.2, 0) is 11.2 Å². The van der Waals surface area contributed by atoms with E-state index in [1.807, 2.05) is 6.07 Å². The smallest absolute Gasteiger partial charge is 0.234 e. The zero-order valence-corrected chi connectivity index (χ0v) is 16.3. The predicted molar refractivity (Wildman–Crippen MR) is 109 cm³/mol. The summed E-state index contributed by atoms with van der Waals surface area (Å²) in [6.45, 7) is 2.14. The Morgan fingerprint density at radius 1 is 1.23 bits per heavy atom. The summed E-state index contributed by atoms with van der Waals surface area (Å²) in [6.07, 6.45) is 4.36. The highest BCUT2D eigenvalue weighted by molar-refractivity contribution is 7.18. The summed E-state index contributed by atoms with van der Waals surface area (Å²) in [5, 5.41) is 6.30. The van der Waals surface area contributed by atoms with Crippen LogP contribution >= 0.6 is 22.7 Å². The van der Waals surface area contributed by atoms with Gasteiger partial charge in [-0.05, 0) is 49.4 Å². The van der Waals surface area contributed by atoms with Gasteiger partial charge in [-0.2, -0.15) is 0 Å². The van der Waals surface area contributed by atoms with Gasteiger partial charge in [-0.1, -0.05) is 24.6 Å². The van der Waals surface area contributed by atoms with Crippen LogP contribution in [0.25, 0.3) is 10.2 Å². The first-order chi connectivity index (χ1) is 12.8. The molecule has 1 aromatic carbocycles. The second-order valence-corrected chi connectivity index (χ2v) is 8.78. The van der Waals surface area contributed by atoms with Crippen molar-refractivity contribution in [1.29, 1.82) is 0 Å². The van der Waals surface area contributed by atoms with Gasteiger partial charge in [0.15, 0.2) is 0 Å². The minimum Gasteiger partial charge on any atom is -0.355 e. The van der Waals surface area contributed by atoms with Gasteiger partial charge in [0.05, 0.1) is 22.8 Å². The van der Waals surface area contributed by atoms with Gasteiger partial charge in [0.25, 0.3) is 0 Å². The van der Waals surface area contributed by atoms with Gasteiger partial charge in [-0.3, -0.25) is 9.69 Å². The molecule has 1 aliphatic rings. The Labute approximate surface area is 161 Å². The van der Waals surface area contributed by atoms with Crippen molar-refractivity contribution in [2.24, 2.45) is 0 Å². The number of hydrogen-bond donors (Lipinski definition) is 1. The van der Waals surface area contributed by atoms with E-state index in [-0.39, 0.29) is 11.9 Å².